The van der Waals surface area contributed by atoms with Gasteiger partial charge in [0.05, 0.1) is 19.0 Å². The first-order valence-electron chi connectivity index (χ1n) is 5.28. The summed E-state index contributed by atoms with van der Waals surface area (Å²) in [5.41, 5.74) is 1.41. The second-order valence-electron chi connectivity index (χ2n) is 3.91. The van der Waals surface area contributed by atoms with Gasteiger partial charge in [0.1, 0.15) is 0 Å². The summed E-state index contributed by atoms with van der Waals surface area (Å²) in [6.45, 7) is 3.00. The number of benzene rings is 1. The predicted octanol–water partition coefficient (Wildman–Crippen LogP) is 2.22. The first kappa shape index (κ1) is 12.5. The number of ether oxygens (including phenoxy) is 2. The highest BCUT2D eigenvalue weighted by Crippen LogP contribution is 2.35. The molecule has 0 atom stereocenters. The lowest BCUT2D eigenvalue weighted by Gasteiger charge is -2.13. The quantitative estimate of drug-likeness (QED) is 0.777. The van der Waals surface area contributed by atoms with Crippen LogP contribution in [-0.4, -0.2) is 21.6 Å². The lowest BCUT2D eigenvalue weighted by molar-refractivity contribution is 0.296. The zero-order valence-electron chi connectivity index (χ0n) is 9.40. The average molecular weight is 277 g/mol. The van der Waals surface area contributed by atoms with Crippen LogP contribution in [0, 0.1) is 6.92 Å². The highest BCUT2D eigenvalue weighted by Gasteiger charge is 2.18. The maximum absolute atomic E-state index is 11.1. The number of fused-ring (bicyclic) bond motifs is 1. The van der Waals surface area contributed by atoms with Crippen LogP contribution < -0.4 is 9.47 Å². The van der Waals surface area contributed by atoms with Gasteiger partial charge in [0.25, 0.3) is 0 Å². The molecule has 2 rings (SSSR count). The van der Waals surface area contributed by atoms with Gasteiger partial charge in [0.2, 0.25) is 9.05 Å². The molecule has 0 saturated heterocycles. The van der Waals surface area contributed by atoms with Crippen LogP contribution in [0.25, 0.3) is 0 Å². The smallest absolute Gasteiger partial charge is 0.236 e. The lowest BCUT2D eigenvalue weighted by Crippen LogP contribution is -2.01. The third kappa shape index (κ3) is 3.04. The Balaban J connectivity index is 2.41. The van der Waals surface area contributed by atoms with E-state index in [0.29, 0.717) is 30.3 Å². The maximum atomic E-state index is 11.1. The molecule has 1 aromatic rings. The molecule has 1 heterocycles. The monoisotopic (exact) mass is 276 g/mol. The van der Waals surface area contributed by atoms with E-state index in [4.69, 9.17) is 20.2 Å². The van der Waals surface area contributed by atoms with Crippen LogP contribution in [-0.2, 0) is 14.8 Å². The molecule has 17 heavy (non-hydrogen) atoms. The fourth-order valence-corrected chi connectivity index (χ4v) is 2.79. The van der Waals surface area contributed by atoms with Crippen LogP contribution in [0.4, 0.5) is 0 Å². The van der Waals surface area contributed by atoms with E-state index in [2.05, 4.69) is 0 Å². The summed E-state index contributed by atoms with van der Waals surface area (Å²) in [6.07, 6.45) is 0.817. The minimum atomic E-state index is -3.56. The Morgan fingerprint density at radius 3 is 2.71 bits per heavy atom. The summed E-state index contributed by atoms with van der Waals surface area (Å²) >= 11 is 0. The van der Waals surface area contributed by atoms with Crippen LogP contribution in [0.1, 0.15) is 17.5 Å². The average Bonchev–Trinajstić information content (AvgIpc) is 2.46. The van der Waals surface area contributed by atoms with Crippen molar-refractivity contribution in [2.45, 2.75) is 19.1 Å². The van der Waals surface area contributed by atoms with E-state index in [1.165, 1.54) is 0 Å². The Labute approximate surface area is 105 Å². The topological polar surface area (TPSA) is 52.6 Å². The fourth-order valence-electron chi connectivity index (χ4n) is 1.76. The van der Waals surface area contributed by atoms with E-state index in [9.17, 15) is 8.42 Å². The normalized spacial score (nSPS) is 15.4. The molecule has 0 amide bonds. The van der Waals surface area contributed by atoms with Gasteiger partial charge >= 0.3 is 0 Å². The van der Waals surface area contributed by atoms with Crippen molar-refractivity contribution < 1.29 is 17.9 Å². The van der Waals surface area contributed by atoms with Gasteiger partial charge in [0, 0.05) is 17.1 Å². The van der Waals surface area contributed by atoms with Gasteiger partial charge in [-0.3, -0.25) is 0 Å². The van der Waals surface area contributed by atoms with E-state index in [0.717, 1.165) is 12.0 Å². The summed E-state index contributed by atoms with van der Waals surface area (Å²) in [6, 6.07) is 3.44. The van der Waals surface area contributed by atoms with Gasteiger partial charge in [-0.05, 0) is 24.1 Å². The summed E-state index contributed by atoms with van der Waals surface area (Å²) < 4.78 is 33.2. The Hall–Kier alpha value is -0.940. The van der Waals surface area contributed by atoms with Crippen molar-refractivity contribution >= 4 is 19.7 Å². The Bertz CT molecular complexity index is 525. The van der Waals surface area contributed by atoms with E-state index >= 15 is 0 Å². The van der Waals surface area contributed by atoms with Crippen LogP contribution in [0.5, 0.6) is 11.5 Å². The Morgan fingerprint density at radius 2 is 2.00 bits per heavy atom. The zero-order valence-corrected chi connectivity index (χ0v) is 11.0. The van der Waals surface area contributed by atoms with Crippen molar-refractivity contribution in [2.75, 3.05) is 13.2 Å². The van der Waals surface area contributed by atoms with Gasteiger partial charge in [-0.2, -0.15) is 0 Å². The van der Waals surface area contributed by atoms with Gasteiger partial charge in [-0.25, -0.2) is 8.42 Å². The molecule has 1 aliphatic heterocycles. The first-order chi connectivity index (χ1) is 7.97. The molecule has 0 bridgehead atoms. The zero-order chi connectivity index (χ0) is 12.5. The van der Waals surface area contributed by atoms with Crippen LogP contribution in [0.15, 0.2) is 12.1 Å². The van der Waals surface area contributed by atoms with Crippen molar-refractivity contribution in [2.24, 2.45) is 0 Å². The van der Waals surface area contributed by atoms with Gasteiger partial charge in [-0.1, -0.05) is 6.07 Å². The standard InChI is InChI=1S/C11H13ClO4S/c1-8-9(7-17(12,13)14)3-4-10-11(8)16-6-2-5-15-10/h3-4H,2,5-7H2,1H3. The molecule has 6 heteroatoms. The van der Waals surface area contributed by atoms with Crippen LogP contribution in [0.3, 0.4) is 0 Å². The molecule has 0 spiro atoms. The SMILES string of the molecule is Cc1c(CS(=O)(=O)Cl)ccc2c1OCCCO2. The fraction of sp³-hybridized carbons (Fsp3) is 0.455. The molecule has 0 unspecified atom stereocenters. The maximum Gasteiger partial charge on any atom is 0.236 e. The van der Waals surface area contributed by atoms with Crippen molar-refractivity contribution in [3.05, 3.63) is 23.3 Å². The number of hydrogen-bond donors (Lipinski definition) is 0. The highest BCUT2D eigenvalue weighted by molar-refractivity contribution is 8.13. The van der Waals surface area contributed by atoms with Crippen LogP contribution >= 0.6 is 10.7 Å². The molecule has 0 N–H and O–H groups in total. The number of hydrogen-bond acceptors (Lipinski definition) is 4. The number of halogens is 1. The van der Waals surface area contributed by atoms with Gasteiger partial charge in [0.15, 0.2) is 11.5 Å². The van der Waals surface area contributed by atoms with Crippen molar-refractivity contribution in [1.82, 2.24) is 0 Å². The van der Waals surface area contributed by atoms with Gasteiger partial charge in [-0.15, -0.1) is 0 Å². The molecule has 0 fully saturated rings. The summed E-state index contributed by atoms with van der Waals surface area (Å²) in [5, 5.41) is 0. The molecular formula is C11H13ClO4S. The first-order valence-corrected chi connectivity index (χ1v) is 7.75. The Morgan fingerprint density at radius 1 is 1.29 bits per heavy atom. The second kappa shape index (κ2) is 4.74. The van der Waals surface area contributed by atoms with E-state index < -0.39 is 9.05 Å². The van der Waals surface area contributed by atoms with E-state index in [1.54, 1.807) is 12.1 Å². The predicted molar refractivity (Wildman–Crippen MR) is 65.3 cm³/mol. The molecule has 0 aromatic heterocycles. The largest absolute Gasteiger partial charge is 0.490 e. The molecule has 0 radical (unpaired) electrons. The van der Waals surface area contributed by atoms with Crippen molar-refractivity contribution in [1.29, 1.82) is 0 Å². The summed E-state index contributed by atoms with van der Waals surface area (Å²) in [7, 11) is 1.70. The lowest BCUT2D eigenvalue weighted by atomic mass is 10.1. The summed E-state index contributed by atoms with van der Waals surface area (Å²) in [5.74, 6) is 1.09. The molecule has 0 saturated carbocycles. The molecule has 1 aromatic carbocycles. The second-order valence-corrected chi connectivity index (χ2v) is 6.69. The highest BCUT2D eigenvalue weighted by atomic mass is 35.7. The molecule has 1 aliphatic rings. The summed E-state index contributed by atoms with van der Waals surface area (Å²) in [4.78, 5) is 0. The van der Waals surface area contributed by atoms with Gasteiger partial charge < -0.3 is 9.47 Å². The minimum absolute atomic E-state index is 0.197. The molecular weight excluding hydrogens is 264 g/mol. The van der Waals surface area contributed by atoms with E-state index in [-0.39, 0.29) is 5.75 Å². The van der Waals surface area contributed by atoms with Crippen molar-refractivity contribution in [3.8, 4) is 11.5 Å². The molecule has 94 valence electrons. The van der Waals surface area contributed by atoms with E-state index in [1.807, 2.05) is 6.92 Å². The molecule has 4 nitrogen and oxygen atoms in total. The molecule has 0 aliphatic carbocycles. The number of rotatable bonds is 2. The Kier molecular flexibility index (Phi) is 3.49. The third-order valence-corrected chi connectivity index (χ3v) is 3.59. The third-order valence-electron chi connectivity index (χ3n) is 2.60. The van der Waals surface area contributed by atoms with Crippen molar-refractivity contribution in [3.63, 3.8) is 0 Å². The minimum Gasteiger partial charge on any atom is -0.490 e. The van der Waals surface area contributed by atoms with Crippen LogP contribution in [0.2, 0.25) is 0 Å².